The predicted octanol–water partition coefficient (Wildman–Crippen LogP) is 3.72. The van der Waals surface area contributed by atoms with E-state index >= 15 is 0 Å². The van der Waals surface area contributed by atoms with Crippen molar-refractivity contribution in [3.63, 3.8) is 0 Å². The Morgan fingerprint density at radius 3 is 2.64 bits per heavy atom. The highest BCUT2D eigenvalue weighted by atomic mass is 16.7. The van der Waals surface area contributed by atoms with Crippen LogP contribution in [0.2, 0.25) is 0 Å². The first-order chi connectivity index (χ1) is 13.5. The van der Waals surface area contributed by atoms with E-state index in [0.29, 0.717) is 18.0 Å². The molecule has 2 aromatic rings. The number of benzene rings is 2. The van der Waals surface area contributed by atoms with Gasteiger partial charge in [0, 0.05) is 26.2 Å². The fraction of sp³-hybridized carbons (Fsp3) is 0.238. The van der Waals surface area contributed by atoms with E-state index < -0.39 is 5.97 Å². The topological polar surface area (TPSA) is 74.6 Å². The van der Waals surface area contributed by atoms with Crippen LogP contribution in [0.15, 0.2) is 65.6 Å². The minimum absolute atomic E-state index is 0.0844. The van der Waals surface area contributed by atoms with Crippen LogP contribution < -0.4 is 9.91 Å². The van der Waals surface area contributed by atoms with Crippen molar-refractivity contribution in [2.24, 2.45) is 5.10 Å². The number of carbonyl (C=O) groups excluding carboxylic acids is 1. The van der Waals surface area contributed by atoms with E-state index in [-0.39, 0.29) is 18.1 Å². The molecule has 0 aromatic heterocycles. The first-order valence-corrected chi connectivity index (χ1v) is 8.86. The van der Waals surface area contributed by atoms with Crippen molar-refractivity contribution in [3.8, 4) is 5.75 Å². The molecule has 0 atom stereocenters. The van der Waals surface area contributed by atoms with Crippen LogP contribution in [0.1, 0.15) is 23.7 Å². The van der Waals surface area contributed by atoms with Crippen LogP contribution in [0.25, 0.3) is 0 Å². The summed E-state index contributed by atoms with van der Waals surface area (Å²) in [4.78, 5) is 14.1. The number of carbonyl (C=O) groups is 1. The zero-order valence-electron chi connectivity index (χ0n) is 16.1. The summed E-state index contributed by atoms with van der Waals surface area (Å²) in [6.07, 6.45) is 2.53. The van der Waals surface area contributed by atoms with Gasteiger partial charge in [-0.15, -0.1) is 0 Å². The van der Waals surface area contributed by atoms with Crippen LogP contribution in [0.5, 0.6) is 5.75 Å². The van der Waals surface area contributed by atoms with E-state index in [4.69, 9.17) is 9.47 Å². The minimum atomic E-state index is -0.663. The molecular formula is C21H23N3O4. The molecule has 7 nitrogen and oxygen atoms in total. The highest BCUT2D eigenvalue weighted by molar-refractivity contribution is 5.94. The lowest BCUT2D eigenvalue weighted by Crippen LogP contribution is -2.24. The molecule has 0 aliphatic carbocycles. The Hall–Kier alpha value is -3.48. The third kappa shape index (κ3) is 4.25. The van der Waals surface area contributed by atoms with Gasteiger partial charge in [-0.1, -0.05) is 24.3 Å². The quantitative estimate of drug-likeness (QED) is 0.607. The number of hydrazone groups is 1. The summed E-state index contributed by atoms with van der Waals surface area (Å²) >= 11 is 0. The van der Waals surface area contributed by atoms with Gasteiger partial charge in [0.15, 0.2) is 5.75 Å². The summed E-state index contributed by atoms with van der Waals surface area (Å²) < 4.78 is 10.9. The normalized spacial score (nSPS) is 13.5. The van der Waals surface area contributed by atoms with Gasteiger partial charge in [0.2, 0.25) is 12.7 Å². The number of hydrogen-bond acceptors (Lipinski definition) is 7. The maximum Gasteiger partial charge on any atom is 0.344 e. The van der Waals surface area contributed by atoms with Gasteiger partial charge < -0.3 is 19.5 Å². The van der Waals surface area contributed by atoms with Gasteiger partial charge in [-0.05, 0) is 37.3 Å². The Morgan fingerprint density at radius 1 is 1.18 bits per heavy atom. The number of allylic oxidation sites excluding steroid dienone is 1. The Morgan fingerprint density at radius 2 is 1.93 bits per heavy atom. The molecule has 1 heterocycles. The number of para-hydroxylation sites is 2. The first-order valence-electron chi connectivity index (χ1n) is 8.86. The van der Waals surface area contributed by atoms with Gasteiger partial charge in [-0.25, -0.2) is 9.80 Å². The summed E-state index contributed by atoms with van der Waals surface area (Å²) in [5, 5.41) is 16.4. The summed E-state index contributed by atoms with van der Waals surface area (Å²) in [6.45, 7) is 1.64. The lowest BCUT2D eigenvalue weighted by molar-refractivity contribution is -0.00918. The maximum atomic E-state index is 12.3. The highest BCUT2D eigenvalue weighted by Gasteiger charge is 2.19. The molecule has 2 aromatic carbocycles. The van der Waals surface area contributed by atoms with Gasteiger partial charge >= 0.3 is 5.97 Å². The molecule has 1 N–H and O–H groups in total. The third-order valence-corrected chi connectivity index (χ3v) is 4.17. The number of phenols is 1. The molecule has 0 radical (unpaired) electrons. The number of aromatic hydroxyl groups is 1. The zero-order chi connectivity index (χ0) is 20.1. The Balaban J connectivity index is 1.66. The molecule has 146 valence electrons. The molecule has 28 heavy (non-hydrogen) atoms. The second-order valence-corrected chi connectivity index (χ2v) is 6.49. The van der Waals surface area contributed by atoms with Crippen LogP contribution in [0.3, 0.4) is 0 Å². The molecule has 0 spiro atoms. The van der Waals surface area contributed by atoms with E-state index in [1.54, 1.807) is 36.1 Å². The number of anilines is 2. The van der Waals surface area contributed by atoms with Gasteiger partial charge in [-0.2, -0.15) is 5.10 Å². The van der Waals surface area contributed by atoms with Crippen molar-refractivity contribution in [2.75, 3.05) is 30.8 Å². The van der Waals surface area contributed by atoms with Crippen molar-refractivity contribution in [3.05, 3.63) is 66.1 Å². The largest absolute Gasteiger partial charge is 0.505 e. The second-order valence-electron chi connectivity index (χ2n) is 6.49. The molecule has 3 rings (SSSR count). The summed E-state index contributed by atoms with van der Waals surface area (Å²) in [6, 6.07) is 14.5. The van der Waals surface area contributed by atoms with Crippen LogP contribution in [0, 0.1) is 0 Å². The zero-order valence-corrected chi connectivity index (χ0v) is 16.1. The second kappa shape index (κ2) is 8.47. The SMILES string of the molecule is CC1=NN(c2ccccc2)C(OCOC(=O)c2cccc(N(C)C)c2O)=CC1. The third-order valence-electron chi connectivity index (χ3n) is 4.17. The molecule has 0 saturated heterocycles. The van der Waals surface area contributed by atoms with E-state index in [1.165, 1.54) is 6.07 Å². The number of phenolic OH excluding ortho intramolecular Hbond substituents is 1. The predicted molar refractivity (Wildman–Crippen MR) is 109 cm³/mol. The fourth-order valence-corrected chi connectivity index (χ4v) is 2.73. The molecule has 0 bridgehead atoms. The van der Waals surface area contributed by atoms with Crippen LogP contribution in [0.4, 0.5) is 11.4 Å². The van der Waals surface area contributed by atoms with E-state index in [0.717, 1.165) is 11.4 Å². The highest BCUT2D eigenvalue weighted by Crippen LogP contribution is 2.30. The monoisotopic (exact) mass is 381 g/mol. The maximum absolute atomic E-state index is 12.3. The average Bonchev–Trinajstić information content (AvgIpc) is 2.69. The molecule has 0 fully saturated rings. The van der Waals surface area contributed by atoms with Crippen LogP contribution in [-0.2, 0) is 9.47 Å². The van der Waals surface area contributed by atoms with Crippen molar-refractivity contribution in [1.82, 2.24) is 0 Å². The van der Waals surface area contributed by atoms with Crippen molar-refractivity contribution in [2.45, 2.75) is 13.3 Å². The molecule has 0 amide bonds. The van der Waals surface area contributed by atoms with Gasteiger partial charge in [-0.3, -0.25) is 0 Å². The summed E-state index contributed by atoms with van der Waals surface area (Å²) in [7, 11) is 3.56. The number of hydrogen-bond donors (Lipinski definition) is 1. The average molecular weight is 381 g/mol. The van der Waals surface area contributed by atoms with Crippen LogP contribution >= 0.6 is 0 Å². The molecule has 1 aliphatic heterocycles. The standard InChI is InChI=1S/C21H23N3O4/c1-15-12-13-19(24(22-15)16-8-5-4-6-9-16)27-14-28-21(26)17-10-7-11-18(20(17)25)23(2)3/h4-11,13,25H,12,14H2,1-3H3. The lowest BCUT2D eigenvalue weighted by Gasteiger charge is -2.25. The first kappa shape index (κ1) is 19.3. The van der Waals surface area contributed by atoms with Gasteiger partial charge in [0.05, 0.1) is 11.4 Å². The van der Waals surface area contributed by atoms with E-state index in [2.05, 4.69) is 5.10 Å². The van der Waals surface area contributed by atoms with E-state index in [1.807, 2.05) is 43.3 Å². The Bertz CT molecular complexity index is 907. The molecule has 0 saturated carbocycles. The van der Waals surface area contributed by atoms with E-state index in [9.17, 15) is 9.90 Å². The van der Waals surface area contributed by atoms with Crippen molar-refractivity contribution < 1.29 is 19.4 Å². The van der Waals surface area contributed by atoms with Gasteiger partial charge in [0.1, 0.15) is 5.56 Å². The summed E-state index contributed by atoms with van der Waals surface area (Å²) in [5.74, 6) is -0.306. The lowest BCUT2D eigenvalue weighted by atomic mass is 10.1. The Kier molecular flexibility index (Phi) is 5.84. The number of rotatable bonds is 6. The van der Waals surface area contributed by atoms with Crippen LogP contribution in [-0.4, -0.2) is 37.7 Å². The molecule has 0 unspecified atom stereocenters. The fourth-order valence-electron chi connectivity index (χ4n) is 2.73. The number of nitrogens with zero attached hydrogens (tertiary/aromatic N) is 3. The summed E-state index contributed by atoms with van der Waals surface area (Å²) in [5.41, 5.74) is 2.40. The number of ether oxygens (including phenoxy) is 2. The molecule has 1 aliphatic rings. The van der Waals surface area contributed by atoms with Crippen molar-refractivity contribution in [1.29, 1.82) is 0 Å². The molecular weight excluding hydrogens is 358 g/mol. The molecule has 7 heteroatoms. The van der Waals surface area contributed by atoms with Gasteiger partial charge in [0.25, 0.3) is 0 Å². The number of esters is 1. The minimum Gasteiger partial charge on any atom is -0.505 e. The van der Waals surface area contributed by atoms with Crippen molar-refractivity contribution >= 4 is 23.1 Å². The smallest absolute Gasteiger partial charge is 0.344 e. The Labute approximate surface area is 164 Å².